The molecule has 0 fully saturated rings. The highest BCUT2D eigenvalue weighted by Crippen LogP contribution is 2.42. The van der Waals surface area contributed by atoms with E-state index in [-0.39, 0.29) is 5.78 Å². The second-order valence-electron chi connectivity index (χ2n) is 6.99. The molecule has 0 spiro atoms. The zero-order valence-electron chi connectivity index (χ0n) is 14.1. The minimum absolute atomic E-state index is 0.377. The van der Waals surface area contributed by atoms with Crippen molar-refractivity contribution in [3.8, 4) is 0 Å². The molecule has 0 amide bonds. The molecule has 0 bridgehead atoms. The standard InChI is InChI=1S/C20H19NO3S/c1-14-6-5-11-20(2,13-14)25(23,24)19-18(22)12-16-10-9-15-7-3-4-8-17(15)21(16)19/h3-12,19H,13H2,1-2H3. The highest BCUT2D eigenvalue weighted by Gasteiger charge is 2.52. The van der Waals surface area contributed by atoms with E-state index >= 15 is 0 Å². The molecule has 2 atom stereocenters. The van der Waals surface area contributed by atoms with Gasteiger partial charge < -0.3 is 4.90 Å². The molecular weight excluding hydrogens is 334 g/mol. The molecule has 2 unspecified atom stereocenters. The maximum Gasteiger partial charge on any atom is 0.200 e. The summed E-state index contributed by atoms with van der Waals surface area (Å²) < 4.78 is 26.0. The number of fused-ring (bicyclic) bond motifs is 3. The molecule has 2 aliphatic heterocycles. The number of sulfone groups is 1. The van der Waals surface area contributed by atoms with E-state index < -0.39 is 20.0 Å². The molecule has 3 aliphatic rings. The van der Waals surface area contributed by atoms with Crippen molar-refractivity contribution in [2.45, 2.75) is 30.4 Å². The Balaban J connectivity index is 1.84. The van der Waals surface area contributed by atoms with Crippen molar-refractivity contribution in [1.82, 2.24) is 0 Å². The second-order valence-corrected chi connectivity index (χ2v) is 9.46. The summed E-state index contributed by atoms with van der Waals surface area (Å²) in [7, 11) is -3.79. The van der Waals surface area contributed by atoms with Gasteiger partial charge >= 0.3 is 0 Å². The molecule has 0 saturated heterocycles. The van der Waals surface area contributed by atoms with E-state index in [1.54, 1.807) is 30.1 Å². The van der Waals surface area contributed by atoms with E-state index in [1.807, 2.05) is 43.3 Å². The Morgan fingerprint density at radius 2 is 1.96 bits per heavy atom. The monoisotopic (exact) mass is 353 g/mol. The van der Waals surface area contributed by atoms with Gasteiger partial charge in [0.15, 0.2) is 21.0 Å². The van der Waals surface area contributed by atoms with Crippen LogP contribution in [0.4, 0.5) is 5.69 Å². The Kier molecular flexibility index (Phi) is 3.41. The fourth-order valence-corrected chi connectivity index (χ4v) is 5.89. The van der Waals surface area contributed by atoms with Crippen LogP contribution in [0, 0.1) is 0 Å². The molecule has 4 nitrogen and oxygen atoms in total. The summed E-state index contributed by atoms with van der Waals surface area (Å²) in [5, 5.41) is -1.21. The van der Waals surface area contributed by atoms with Crippen LogP contribution in [0.15, 0.2) is 65.9 Å². The molecule has 0 radical (unpaired) electrons. The summed E-state index contributed by atoms with van der Waals surface area (Å²) in [4.78, 5) is 14.4. The Labute approximate surface area is 147 Å². The first-order chi connectivity index (χ1) is 11.8. The SMILES string of the molecule is CC1=CC=CC(C)(S(=O)(=O)C2C(=O)C=C3C=Cc4ccccc4N32)C1. The lowest BCUT2D eigenvalue weighted by molar-refractivity contribution is -0.113. The van der Waals surface area contributed by atoms with Crippen LogP contribution in [-0.2, 0) is 14.6 Å². The third-order valence-electron chi connectivity index (χ3n) is 5.08. The van der Waals surface area contributed by atoms with Crippen molar-refractivity contribution in [1.29, 1.82) is 0 Å². The van der Waals surface area contributed by atoms with Crippen LogP contribution < -0.4 is 4.90 Å². The lowest BCUT2D eigenvalue weighted by Gasteiger charge is -2.37. The molecular formula is C20H19NO3S. The van der Waals surface area contributed by atoms with Crippen molar-refractivity contribution >= 4 is 27.4 Å². The smallest absolute Gasteiger partial charge is 0.200 e. The van der Waals surface area contributed by atoms with Gasteiger partial charge in [-0.15, -0.1) is 0 Å². The quantitative estimate of drug-likeness (QED) is 0.818. The average molecular weight is 353 g/mol. The maximum atomic E-state index is 13.5. The predicted molar refractivity (Wildman–Crippen MR) is 99.7 cm³/mol. The van der Waals surface area contributed by atoms with Crippen LogP contribution in [-0.4, -0.2) is 24.3 Å². The first kappa shape index (κ1) is 16.1. The number of para-hydroxylation sites is 1. The number of anilines is 1. The Bertz CT molecular complexity index is 998. The number of hydrogen-bond acceptors (Lipinski definition) is 4. The molecule has 1 aliphatic carbocycles. The number of hydrogen-bond donors (Lipinski definition) is 0. The van der Waals surface area contributed by atoms with Crippen LogP contribution in [0.3, 0.4) is 0 Å². The van der Waals surface area contributed by atoms with E-state index in [9.17, 15) is 13.2 Å². The molecule has 1 aromatic carbocycles. The van der Waals surface area contributed by atoms with Crippen LogP contribution in [0.25, 0.3) is 6.08 Å². The molecule has 128 valence electrons. The number of carbonyl (C=O) groups is 1. The minimum Gasteiger partial charge on any atom is -0.317 e. The van der Waals surface area contributed by atoms with Crippen molar-refractivity contribution < 1.29 is 13.2 Å². The average Bonchev–Trinajstić information content (AvgIpc) is 2.91. The maximum absolute atomic E-state index is 13.5. The minimum atomic E-state index is -3.79. The van der Waals surface area contributed by atoms with Crippen LogP contribution in [0.2, 0.25) is 0 Å². The summed E-state index contributed by atoms with van der Waals surface area (Å²) in [5.41, 5.74) is 3.29. The molecule has 2 heterocycles. The highest BCUT2D eigenvalue weighted by molar-refractivity contribution is 7.94. The van der Waals surface area contributed by atoms with Gasteiger partial charge in [-0.2, -0.15) is 0 Å². The topological polar surface area (TPSA) is 54.5 Å². The summed E-state index contributed by atoms with van der Waals surface area (Å²) in [6.45, 7) is 3.61. The Morgan fingerprint density at radius 3 is 2.72 bits per heavy atom. The van der Waals surface area contributed by atoms with Crippen molar-refractivity contribution in [2.75, 3.05) is 4.90 Å². The van der Waals surface area contributed by atoms with E-state index in [2.05, 4.69) is 0 Å². The van der Waals surface area contributed by atoms with Crippen molar-refractivity contribution in [2.24, 2.45) is 0 Å². The molecule has 5 heteroatoms. The fraction of sp³-hybridized carbons (Fsp3) is 0.250. The number of rotatable bonds is 2. The van der Waals surface area contributed by atoms with Gasteiger partial charge in [-0.1, -0.05) is 48.1 Å². The zero-order chi connectivity index (χ0) is 17.8. The van der Waals surface area contributed by atoms with Crippen molar-refractivity contribution in [3.05, 3.63) is 71.5 Å². The zero-order valence-corrected chi connectivity index (χ0v) is 15.0. The predicted octanol–water partition coefficient (Wildman–Crippen LogP) is 3.39. The van der Waals surface area contributed by atoms with E-state index in [1.165, 1.54) is 6.08 Å². The summed E-state index contributed by atoms with van der Waals surface area (Å²) in [5.74, 6) is -0.377. The summed E-state index contributed by atoms with van der Waals surface area (Å²) in [6.07, 6.45) is 10.9. The van der Waals surface area contributed by atoms with Gasteiger partial charge in [0, 0.05) is 11.8 Å². The lowest BCUT2D eigenvalue weighted by atomic mass is 9.96. The molecule has 4 rings (SSSR count). The van der Waals surface area contributed by atoms with E-state index in [0.29, 0.717) is 12.1 Å². The van der Waals surface area contributed by atoms with Crippen LogP contribution in [0.1, 0.15) is 25.8 Å². The summed E-state index contributed by atoms with van der Waals surface area (Å²) >= 11 is 0. The second kappa shape index (κ2) is 5.30. The molecule has 1 aromatic rings. The third-order valence-corrected chi connectivity index (χ3v) is 7.69. The van der Waals surface area contributed by atoms with Crippen LogP contribution >= 0.6 is 0 Å². The number of benzene rings is 1. The third kappa shape index (κ3) is 2.26. The van der Waals surface area contributed by atoms with Gasteiger partial charge in [0.05, 0.1) is 10.4 Å². The van der Waals surface area contributed by atoms with E-state index in [0.717, 1.165) is 16.8 Å². The number of carbonyl (C=O) groups excluding carboxylic acids is 1. The molecule has 25 heavy (non-hydrogen) atoms. The normalized spacial score (nSPS) is 27.7. The number of nitrogens with zero attached hydrogens (tertiary/aromatic N) is 1. The van der Waals surface area contributed by atoms with Gasteiger partial charge in [-0.3, -0.25) is 4.79 Å². The highest BCUT2D eigenvalue weighted by atomic mass is 32.2. The fourth-order valence-electron chi connectivity index (χ4n) is 3.80. The van der Waals surface area contributed by atoms with Gasteiger partial charge in [-0.05, 0) is 38.0 Å². The first-order valence-electron chi connectivity index (χ1n) is 8.24. The van der Waals surface area contributed by atoms with Gasteiger partial charge in [0.25, 0.3) is 0 Å². The first-order valence-corrected chi connectivity index (χ1v) is 9.78. The van der Waals surface area contributed by atoms with Crippen molar-refractivity contribution in [3.63, 3.8) is 0 Å². The molecule has 0 aromatic heterocycles. The summed E-state index contributed by atoms with van der Waals surface area (Å²) in [6, 6.07) is 7.54. The molecule has 0 N–H and O–H groups in total. The van der Waals surface area contributed by atoms with Gasteiger partial charge in [-0.25, -0.2) is 8.42 Å². The molecule has 0 saturated carbocycles. The number of ketones is 1. The lowest BCUT2D eigenvalue weighted by Crippen LogP contribution is -2.51. The van der Waals surface area contributed by atoms with Crippen LogP contribution in [0.5, 0.6) is 0 Å². The Hall–Kier alpha value is -2.40. The number of allylic oxidation sites excluding steroid dienone is 4. The largest absolute Gasteiger partial charge is 0.317 e. The van der Waals surface area contributed by atoms with E-state index in [4.69, 9.17) is 0 Å². The van der Waals surface area contributed by atoms with Gasteiger partial charge in [0.2, 0.25) is 0 Å². The Morgan fingerprint density at radius 1 is 1.20 bits per heavy atom. The van der Waals surface area contributed by atoms with Gasteiger partial charge in [0.1, 0.15) is 0 Å².